The number of aliphatic hydroxyl groups excluding tert-OH is 2. The monoisotopic (exact) mass is 282 g/mol. The van der Waals surface area contributed by atoms with Gasteiger partial charge in [-0.25, -0.2) is 9.97 Å². The first-order valence-electron chi connectivity index (χ1n) is 6.83. The molecule has 0 aliphatic rings. The molecular weight excluding hydrogens is 256 g/mol. The van der Waals surface area contributed by atoms with Crippen LogP contribution in [-0.2, 0) is 5.41 Å². The number of rotatable bonds is 5. The summed E-state index contributed by atoms with van der Waals surface area (Å²) in [6.07, 6.45) is 0.564. The van der Waals surface area contributed by atoms with Crippen LogP contribution in [0.4, 0.5) is 11.6 Å². The predicted molar refractivity (Wildman–Crippen MR) is 80.7 cm³/mol. The van der Waals surface area contributed by atoms with Crippen LogP contribution in [0.25, 0.3) is 0 Å². The quantitative estimate of drug-likeness (QED) is 0.647. The molecule has 0 amide bonds. The Hall–Kier alpha value is -1.40. The molecule has 1 heterocycles. The maximum absolute atomic E-state index is 9.53. The van der Waals surface area contributed by atoms with Crippen molar-refractivity contribution in [3.63, 3.8) is 0 Å². The normalized spacial score (nSPS) is 12.6. The molecule has 1 aromatic heterocycles. The lowest BCUT2D eigenvalue weighted by Crippen LogP contribution is -2.45. The fourth-order valence-electron chi connectivity index (χ4n) is 1.68. The van der Waals surface area contributed by atoms with Gasteiger partial charge in [0.1, 0.15) is 17.5 Å². The van der Waals surface area contributed by atoms with Crippen molar-refractivity contribution >= 4 is 11.6 Å². The molecule has 6 nitrogen and oxygen atoms in total. The Bertz CT molecular complexity index is 457. The molecule has 1 rings (SSSR count). The summed E-state index contributed by atoms with van der Waals surface area (Å²) >= 11 is 0. The van der Waals surface area contributed by atoms with Crippen molar-refractivity contribution in [1.29, 1.82) is 0 Å². The van der Waals surface area contributed by atoms with Crippen molar-refractivity contribution in [3.8, 4) is 0 Å². The zero-order chi connectivity index (χ0) is 15.6. The van der Waals surface area contributed by atoms with E-state index in [1.807, 2.05) is 34.6 Å². The third kappa shape index (κ3) is 3.37. The van der Waals surface area contributed by atoms with E-state index in [9.17, 15) is 10.2 Å². The van der Waals surface area contributed by atoms with E-state index in [1.165, 1.54) is 0 Å². The molecule has 0 spiro atoms. The lowest BCUT2D eigenvalue weighted by Gasteiger charge is -2.31. The van der Waals surface area contributed by atoms with Crippen LogP contribution in [0.5, 0.6) is 0 Å². The van der Waals surface area contributed by atoms with Crippen molar-refractivity contribution in [2.24, 2.45) is 0 Å². The minimum absolute atomic E-state index is 0.186. The molecule has 1 aromatic rings. The minimum Gasteiger partial charge on any atom is -0.394 e. The highest BCUT2D eigenvalue weighted by Crippen LogP contribution is 2.27. The SMILES string of the molecule is CCC(CO)(CO)Nc1nc(C(C)(C)C)nc(N)c1C. The largest absolute Gasteiger partial charge is 0.394 e. The fourth-order valence-corrected chi connectivity index (χ4v) is 1.68. The predicted octanol–water partition coefficient (Wildman–Crippen LogP) is 1.21. The van der Waals surface area contributed by atoms with Crippen LogP contribution in [0.3, 0.4) is 0 Å². The molecule has 0 unspecified atom stereocenters. The summed E-state index contributed by atoms with van der Waals surface area (Å²) in [6, 6.07) is 0. The zero-order valence-corrected chi connectivity index (χ0v) is 13.0. The van der Waals surface area contributed by atoms with Gasteiger partial charge < -0.3 is 21.3 Å². The number of nitrogens with one attached hydrogen (secondary N) is 1. The summed E-state index contributed by atoms with van der Waals surface area (Å²) in [6.45, 7) is 9.36. The first-order valence-corrected chi connectivity index (χ1v) is 6.83. The third-order valence-corrected chi connectivity index (χ3v) is 3.52. The van der Waals surface area contributed by atoms with Gasteiger partial charge in [-0.2, -0.15) is 0 Å². The van der Waals surface area contributed by atoms with Crippen LogP contribution < -0.4 is 11.1 Å². The van der Waals surface area contributed by atoms with Gasteiger partial charge in [0.2, 0.25) is 0 Å². The number of aliphatic hydroxyl groups is 2. The highest BCUT2D eigenvalue weighted by molar-refractivity contribution is 5.56. The molecule has 5 N–H and O–H groups in total. The number of aromatic nitrogens is 2. The van der Waals surface area contributed by atoms with Crippen LogP contribution >= 0.6 is 0 Å². The van der Waals surface area contributed by atoms with E-state index in [2.05, 4.69) is 15.3 Å². The van der Waals surface area contributed by atoms with Crippen molar-refractivity contribution in [2.75, 3.05) is 24.3 Å². The molecule has 0 radical (unpaired) electrons. The fraction of sp³-hybridized carbons (Fsp3) is 0.714. The van der Waals surface area contributed by atoms with Crippen molar-refractivity contribution < 1.29 is 10.2 Å². The van der Waals surface area contributed by atoms with Gasteiger partial charge in [0.15, 0.2) is 0 Å². The summed E-state index contributed by atoms with van der Waals surface area (Å²) in [4.78, 5) is 8.82. The number of nitrogen functional groups attached to an aromatic ring is 1. The molecule has 0 aliphatic heterocycles. The summed E-state index contributed by atoms with van der Waals surface area (Å²) in [5, 5.41) is 22.2. The first kappa shape index (κ1) is 16.7. The van der Waals surface area contributed by atoms with E-state index in [0.717, 1.165) is 5.56 Å². The zero-order valence-electron chi connectivity index (χ0n) is 13.0. The van der Waals surface area contributed by atoms with Gasteiger partial charge in [-0.15, -0.1) is 0 Å². The van der Waals surface area contributed by atoms with Crippen molar-refractivity contribution in [2.45, 2.75) is 52.0 Å². The summed E-state index contributed by atoms with van der Waals surface area (Å²) in [5.41, 5.74) is 5.63. The smallest absolute Gasteiger partial charge is 0.138 e. The van der Waals surface area contributed by atoms with Gasteiger partial charge in [0.25, 0.3) is 0 Å². The lowest BCUT2D eigenvalue weighted by molar-refractivity contribution is 0.132. The Morgan fingerprint density at radius 2 is 1.70 bits per heavy atom. The molecule has 0 atom stereocenters. The Balaban J connectivity index is 3.27. The second kappa shape index (κ2) is 5.93. The molecule has 0 bridgehead atoms. The van der Waals surface area contributed by atoms with E-state index in [1.54, 1.807) is 0 Å². The maximum Gasteiger partial charge on any atom is 0.138 e. The molecule has 114 valence electrons. The second-order valence-electron chi connectivity index (χ2n) is 6.23. The van der Waals surface area contributed by atoms with Crippen LogP contribution in [-0.4, -0.2) is 38.9 Å². The number of nitrogens with zero attached hydrogens (tertiary/aromatic N) is 2. The molecule has 20 heavy (non-hydrogen) atoms. The molecule has 0 aliphatic carbocycles. The van der Waals surface area contributed by atoms with Gasteiger partial charge in [0.05, 0.1) is 18.8 Å². The van der Waals surface area contributed by atoms with E-state index in [-0.39, 0.29) is 18.6 Å². The topological polar surface area (TPSA) is 104 Å². The van der Waals surface area contributed by atoms with Crippen LogP contribution in [0.15, 0.2) is 0 Å². The van der Waals surface area contributed by atoms with Gasteiger partial charge >= 0.3 is 0 Å². The minimum atomic E-state index is -0.805. The van der Waals surface area contributed by atoms with Crippen LogP contribution in [0.1, 0.15) is 45.5 Å². The Labute approximate surface area is 120 Å². The molecule has 6 heteroatoms. The van der Waals surface area contributed by atoms with E-state index in [0.29, 0.717) is 23.9 Å². The van der Waals surface area contributed by atoms with Crippen LogP contribution in [0.2, 0.25) is 0 Å². The van der Waals surface area contributed by atoms with E-state index < -0.39 is 5.54 Å². The highest BCUT2D eigenvalue weighted by Gasteiger charge is 2.29. The lowest BCUT2D eigenvalue weighted by atomic mass is 9.95. The average molecular weight is 282 g/mol. The number of hydrogen-bond acceptors (Lipinski definition) is 6. The summed E-state index contributed by atoms with van der Waals surface area (Å²) in [7, 11) is 0. The first-order chi connectivity index (χ1) is 9.19. The van der Waals surface area contributed by atoms with E-state index in [4.69, 9.17) is 5.73 Å². The second-order valence-corrected chi connectivity index (χ2v) is 6.23. The van der Waals surface area contributed by atoms with Gasteiger partial charge in [-0.3, -0.25) is 0 Å². The Kier molecular flexibility index (Phi) is 4.94. The standard InChI is InChI=1S/C14H26N4O2/c1-6-14(7-19,8-20)18-11-9(2)10(15)16-12(17-11)13(3,4)5/h19-20H,6-8H2,1-5H3,(H3,15,16,17,18). The Morgan fingerprint density at radius 1 is 1.15 bits per heavy atom. The molecule has 0 fully saturated rings. The third-order valence-electron chi connectivity index (χ3n) is 3.52. The summed E-state index contributed by atoms with van der Waals surface area (Å²) in [5.74, 6) is 1.60. The van der Waals surface area contributed by atoms with Gasteiger partial charge in [-0.1, -0.05) is 27.7 Å². The number of anilines is 2. The maximum atomic E-state index is 9.53. The average Bonchev–Trinajstić information content (AvgIpc) is 2.39. The van der Waals surface area contributed by atoms with E-state index >= 15 is 0 Å². The van der Waals surface area contributed by atoms with Crippen molar-refractivity contribution in [1.82, 2.24) is 9.97 Å². The number of nitrogens with two attached hydrogens (primary N) is 1. The molecule has 0 saturated heterocycles. The Morgan fingerprint density at radius 3 is 2.10 bits per heavy atom. The molecule has 0 saturated carbocycles. The van der Waals surface area contributed by atoms with Gasteiger partial charge in [-0.05, 0) is 13.3 Å². The van der Waals surface area contributed by atoms with Gasteiger partial charge in [0, 0.05) is 11.0 Å². The number of hydrogen-bond donors (Lipinski definition) is 4. The molecular formula is C14H26N4O2. The van der Waals surface area contributed by atoms with Crippen molar-refractivity contribution in [3.05, 3.63) is 11.4 Å². The molecule has 0 aromatic carbocycles. The summed E-state index contributed by atoms with van der Waals surface area (Å²) < 4.78 is 0. The highest BCUT2D eigenvalue weighted by atomic mass is 16.3. The van der Waals surface area contributed by atoms with Crippen LogP contribution in [0, 0.1) is 6.92 Å².